The summed E-state index contributed by atoms with van der Waals surface area (Å²) in [6.45, 7) is 1.37. The molecule has 0 amide bonds. The molecule has 0 atom stereocenters. The number of allylic oxidation sites excluding steroid dienone is 2. The van der Waals surface area contributed by atoms with Crippen molar-refractivity contribution >= 4 is 0 Å². The lowest BCUT2D eigenvalue weighted by atomic mass is 10.2. The Morgan fingerprint density at radius 2 is 1.33 bits per heavy atom. The van der Waals surface area contributed by atoms with Gasteiger partial charge in [-0.3, -0.25) is 0 Å². The molecule has 84 valence electrons. The average molecular weight is 208 g/mol. The molecule has 0 aliphatic carbocycles. The van der Waals surface area contributed by atoms with Crippen LogP contribution in [0.1, 0.15) is 32.1 Å². The van der Waals surface area contributed by atoms with Crippen LogP contribution in [0, 0.1) is 0 Å². The zero-order valence-electron chi connectivity index (χ0n) is 9.23. The Morgan fingerprint density at radius 1 is 0.667 bits per heavy atom. The fourth-order valence-electron chi connectivity index (χ4n) is 1.34. The second kappa shape index (κ2) is 9.38. The van der Waals surface area contributed by atoms with Crippen LogP contribution >= 0.6 is 0 Å². The van der Waals surface area contributed by atoms with Crippen molar-refractivity contribution in [2.75, 3.05) is 13.2 Å². The van der Waals surface area contributed by atoms with Crippen LogP contribution in [0.25, 0.3) is 0 Å². The first-order valence-corrected chi connectivity index (χ1v) is 5.68. The minimum absolute atomic E-state index is 0.637. The van der Waals surface area contributed by atoms with Crippen LogP contribution < -0.4 is 0 Å². The van der Waals surface area contributed by atoms with Gasteiger partial charge in [0, 0.05) is 0 Å². The lowest BCUT2D eigenvalue weighted by Crippen LogP contribution is -1.85. The van der Waals surface area contributed by atoms with Crippen molar-refractivity contribution in [2.45, 2.75) is 32.1 Å². The van der Waals surface area contributed by atoms with Crippen LogP contribution in [0.4, 0.5) is 0 Å². The highest BCUT2D eigenvalue weighted by molar-refractivity contribution is 4.85. The van der Waals surface area contributed by atoms with Crippen molar-refractivity contribution in [3.8, 4) is 0 Å². The first-order chi connectivity index (χ1) is 7.50. The van der Waals surface area contributed by atoms with Crippen LogP contribution in [-0.4, -0.2) is 13.2 Å². The fraction of sp³-hybridized carbons (Fsp3) is 0.538. The third-order valence-corrected chi connectivity index (χ3v) is 2.17. The van der Waals surface area contributed by atoms with E-state index in [1.165, 1.54) is 19.3 Å². The van der Waals surface area contributed by atoms with Gasteiger partial charge in [0.25, 0.3) is 0 Å². The van der Waals surface area contributed by atoms with Gasteiger partial charge >= 0.3 is 0 Å². The standard InChI is InChI=1S/C13H20O2/c1-2-4-6-8-10-14-12-13-15-11-9-7-5-3-1/h4,6-7,9,12-13H,1-3,5,8,10-11H2/b6-4-,9-7-,13-12-. The number of ether oxygens (including phenoxy) is 2. The van der Waals surface area contributed by atoms with Crippen LogP contribution in [0.3, 0.4) is 0 Å². The van der Waals surface area contributed by atoms with Gasteiger partial charge in [-0.25, -0.2) is 0 Å². The maximum Gasteiger partial charge on any atom is 0.118 e. The number of hydrogen-bond acceptors (Lipinski definition) is 2. The summed E-state index contributed by atoms with van der Waals surface area (Å²) in [6, 6.07) is 0. The van der Waals surface area contributed by atoms with E-state index in [1.54, 1.807) is 12.5 Å². The summed E-state index contributed by atoms with van der Waals surface area (Å²) in [5.74, 6) is 0. The van der Waals surface area contributed by atoms with E-state index in [1.807, 2.05) is 0 Å². The highest BCUT2D eigenvalue weighted by atomic mass is 16.5. The first kappa shape index (κ1) is 11.9. The van der Waals surface area contributed by atoms with E-state index in [9.17, 15) is 0 Å². The van der Waals surface area contributed by atoms with Crippen molar-refractivity contribution in [3.63, 3.8) is 0 Å². The van der Waals surface area contributed by atoms with E-state index in [0.29, 0.717) is 6.61 Å². The smallest absolute Gasteiger partial charge is 0.118 e. The van der Waals surface area contributed by atoms with Gasteiger partial charge < -0.3 is 9.47 Å². The molecule has 0 aromatic carbocycles. The summed E-state index contributed by atoms with van der Waals surface area (Å²) < 4.78 is 10.4. The third-order valence-electron chi connectivity index (χ3n) is 2.17. The lowest BCUT2D eigenvalue weighted by Gasteiger charge is -1.97. The molecule has 2 nitrogen and oxygen atoms in total. The summed E-state index contributed by atoms with van der Waals surface area (Å²) in [7, 11) is 0. The molecule has 0 saturated carbocycles. The average Bonchev–Trinajstić information content (AvgIpc) is 2.27. The monoisotopic (exact) mass is 208 g/mol. The molecule has 0 aromatic rings. The minimum atomic E-state index is 0.637. The fourth-order valence-corrected chi connectivity index (χ4v) is 1.34. The van der Waals surface area contributed by atoms with E-state index in [-0.39, 0.29) is 0 Å². The highest BCUT2D eigenvalue weighted by Gasteiger charge is 1.85. The zero-order chi connectivity index (χ0) is 10.6. The number of hydrogen-bond donors (Lipinski definition) is 0. The summed E-state index contributed by atoms with van der Waals surface area (Å²) in [5.41, 5.74) is 0. The summed E-state index contributed by atoms with van der Waals surface area (Å²) >= 11 is 0. The SMILES string of the molecule is C1=C\CCO/C=C\OC/C=C\CCCC/1. The van der Waals surface area contributed by atoms with Gasteiger partial charge in [-0.05, 0) is 32.1 Å². The van der Waals surface area contributed by atoms with Gasteiger partial charge in [0.15, 0.2) is 0 Å². The zero-order valence-corrected chi connectivity index (χ0v) is 9.23. The molecule has 0 aromatic heterocycles. The van der Waals surface area contributed by atoms with Gasteiger partial charge in [0.1, 0.15) is 19.1 Å². The molecule has 0 unspecified atom stereocenters. The molecule has 15 heavy (non-hydrogen) atoms. The largest absolute Gasteiger partial charge is 0.498 e. The van der Waals surface area contributed by atoms with Crippen molar-refractivity contribution in [1.29, 1.82) is 0 Å². The third kappa shape index (κ3) is 7.86. The van der Waals surface area contributed by atoms with Gasteiger partial charge in [-0.1, -0.05) is 24.3 Å². The minimum Gasteiger partial charge on any atom is -0.498 e. The van der Waals surface area contributed by atoms with Crippen molar-refractivity contribution in [3.05, 3.63) is 36.8 Å². The predicted octanol–water partition coefficient (Wildman–Crippen LogP) is 3.57. The molecule has 0 bridgehead atoms. The molecule has 0 spiro atoms. The molecule has 1 aliphatic heterocycles. The van der Waals surface area contributed by atoms with E-state index >= 15 is 0 Å². The maximum absolute atomic E-state index is 5.23. The molecule has 0 saturated heterocycles. The van der Waals surface area contributed by atoms with E-state index < -0.39 is 0 Å². The Hall–Kier alpha value is -1.18. The van der Waals surface area contributed by atoms with Gasteiger partial charge in [-0.2, -0.15) is 0 Å². The molecule has 0 fully saturated rings. The first-order valence-electron chi connectivity index (χ1n) is 5.68. The van der Waals surface area contributed by atoms with Gasteiger partial charge in [0.05, 0.1) is 6.61 Å². The Bertz CT molecular complexity index is 217. The second-order valence-corrected chi connectivity index (χ2v) is 3.49. The predicted molar refractivity (Wildman–Crippen MR) is 62.4 cm³/mol. The molecule has 2 heteroatoms. The second-order valence-electron chi connectivity index (χ2n) is 3.49. The van der Waals surface area contributed by atoms with Gasteiger partial charge in [-0.15, -0.1) is 0 Å². The summed E-state index contributed by atoms with van der Waals surface area (Å²) in [5, 5.41) is 0. The summed E-state index contributed by atoms with van der Waals surface area (Å²) in [6.07, 6.45) is 17.7. The lowest BCUT2D eigenvalue weighted by molar-refractivity contribution is 0.222. The Balaban J connectivity index is 2.23. The van der Waals surface area contributed by atoms with Crippen molar-refractivity contribution in [1.82, 2.24) is 0 Å². The highest BCUT2D eigenvalue weighted by Crippen LogP contribution is 2.02. The topological polar surface area (TPSA) is 18.5 Å². The molecule has 1 heterocycles. The summed E-state index contributed by atoms with van der Waals surface area (Å²) in [4.78, 5) is 0. The normalized spacial score (nSPS) is 26.1. The maximum atomic E-state index is 5.23. The molecular weight excluding hydrogens is 188 g/mol. The van der Waals surface area contributed by atoms with Crippen molar-refractivity contribution in [2.24, 2.45) is 0 Å². The molecule has 1 aliphatic rings. The van der Waals surface area contributed by atoms with E-state index in [4.69, 9.17) is 9.47 Å². The van der Waals surface area contributed by atoms with Gasteiger partial charge in [0.2, 0.25) is 0 Å². The molecule has 0 radical (unpaired) electrons. The van der Waals surface area contributed by atoms with E-state index in [2.05, 4.69) is 24.3 Å². The molecule has 0 N–H and O–H groups in total. The van der Waals surface area contributed by atoms with Crippen LogP contribution in [0.2, 0.25) is 0 Å². The number of rotatable bonds is 0. The quantitative estimate of drug-likeness (QED) is 0.567. The molecule has 1 rings (SSSR count). The molecular formula is C13H20O2. The Labute approximate surface area is 92.3 Å². The Morgan fingerprint density at radius 3 is 2.20 bits per heavy atom. The van der Waals surface area contributed by atoms with E-state index in [0.717, 1.165) is 19.4 Å². The van der Waals surface area contributed by atoms with Crippen LogP contribution in [0.5, 0.6) is 0 Å². The van der Waals surface area contributed by atoms with Crippen LogP contribution in [-0.2, 0) is 9.47 Å². The van der Waals surface area contributed by atoms with Crippen molar-refractivity contribution < 1.29 is 9.47 Å². The van der Waals surface area contributed by atoms with Crippen LogP contribution in [0.15, 0.2) is 36.8 Å². The Kier molecular flexibility index (Phi) is 7.44.